The standard InChI is InChI=1S/C12H15BrN4O/c1-8(10-5-16-17-6-10)14-4-9-3-11(13)7-15-12(9)18-2/h3,5-8,14H,4H2,1-2H3,(H,16,17). The summed E-state index contributed by atoms with van der Waals surface area (Å²) in [6.07, 6.45) is 5.42. The van der Waals surface area contributed by atoms with E-state index < -0.39 is 0 Å². The Hall–Kier alpha value is -1.40. The lowest BCUT2D eigenvalue weighted by molar-refractivity contribution is 0.389. The van der Waals surface area contributed by atoms with E-state index in [9.17, 15) is 0 Å². The summed E-state index contributed by atoms with van der Waals surface area (Å²) in [6, 6.07) is 2.22. The Kier molecular flexibility index (Phi) is 4.33. The molecular formula is C12H15BrN4O. The van der Waals surface area contributed by atoms with Crippen molar-refractivity contribution in [3.8, 4) is 5.88 Å². The highest BCUT2D eigenvalue weighted by molar-refractivity contribution is 9.10. The van der Waals surface area contributed by atoms with Crippen LogP contribution >= 0.6 is 15.9 Å². The zero-order chi connectivity index (χ0) is 13.0. The molecule has 2 rings (SSSR count). The number of nitrogens with zero attached hydrogens (tertiary/aromatic N) is 2. The molecule has 96 valence electrons. The van der Waals surface area contributed by atoms with Gasteiger partial charge in [0.2, 0.25) is 5.88 Å². The number of hydrogen-bond donors (Lipinski definition) is 2. The normalized spacial score (nSPS) is 12.4. The monoisotopic (exact) mass is 310 g/mol. The first-order chi connectivity index (χ1) is 8.70. The van der Waals surface area contributed by atoms with Crippen LogP contribution in [0.5, 0.6) is 5.88 Å². The Labute approximate surface area is 114 Å². The zero-order valence-electron chi connectivity index (χ0n) is 10.3. The third-order valence-corrected chi connectivity index (χ3v) is 3.14. The van der Waals surface area contributed by atoms with Gasteiger partial charge in [0, 0.05) is 40.6 Å². The Morgan fingerprint density at radius 3 is 3.00 bits per heavy atom. The number of hydrogen-bond acceptors (Lipinski definition) is 4. The van der Waals surface area contributed by atoms with Gasteiger partial charge in [-0.2, -0.15) is 5.10 Å². The first kappa shape index (κ1) is 13.0. The van der Waals surface area contributed by atoms with Crippen LogP contribution in [0.25, 0.3) is 0 Å². The Bertz CT molecular complexity index is 501. The molecule has 0 spiro atoms. The lowest BCUT2D eigenvalue weighted by atomic mass is 10.2. The molecule has 0 saturated heterocycles. The average Bonchev–Trinajstić information content (AvgIpc) is 2.90. The minimum absolute atomic E-state index is 0.215. The van der Waals surface area contributed by atoms with Gasteiger partial charge in [-0.1, -0.05) is 0 Å². The van der Waals surface area contributed by atoms with Crippen molar-refractivity contribution in [2.45, 2.75) is 19.5 Å². The Balaban J connectivity index is 2.03. The van der Waals surface area contributed by atoms with Gasteiger partial charge in [-0.05, 0) is 28.9 Å². The third kappa shape index (κ3) is 3.08. The molecular weight excluding hydrogens is 296 g/mol. The molecule has 0 saturated carbocycles. The second kappa shape index (κ2) is 5.97. The molecule has 0 fully saturated rings. The molecule has 0 aliphatic heterocycles. The van der Waals surface area contributed by atoms with Gasteiger partial charge in [-0.15, -0.1) is 0 Å². The summed E-state index contributed by atoms with van der Waals surface area (Å²) >= 11 is 3.41. The largest absolute Gasteiger partial charge is 0.481 e. The van der Waals surface area contributed by atoms with Gasteiger partial charge >= 0.3 is 0 Å². The van der Waals surface area contributed by atoms with Crippen LogP contribution in [0.2, 0.25) is 0 Å². The van der Waals surface area contributed by atoms with E-state index in [0.717, 1.165) is 15.6 Å². The van der Waals surface area contributed by atoms with E-state index >= 15 is 0 Å². The summed E-state index contributed by atoms with van der Waals surface area (Å²) in [7, 11) is 1.62. The highest BCUT2D eigenvalue weighted by Gasteiger charge is 2.09. The van der Waals surface area contributed by atoms with Crippen LogP contribution in [-0.2, 0) is 6.54 Å². The van der Waals surface area contributed by atoms with Gasteiger partial charge in [0.25, 0.3) is 0 Å². The number of aromatic amines is 1. The highest BCUT2D eigenvalue weighted by atomic mass is 79.9. The van der Waals surface area contributed by atoms with E-state index in [1.54, 1.807) is 13.3 Å². The second-order valence-corrected chi connectivity index (χ2v) is 4.87. The molecule has 2 heterocycles. The molecule has 18 heavy (non-hydrogen) atoms. The SMILES string of the molecule is COc1ncc(Br)cc1CNC(C)c1cn[nH]c1. The topological polar surface area (TPSA) is 62.8 Å². The smallest absolute Gasteiger partial charge is 0.217 e. The van der Waals surface area contributed by atoms with Crippen LogP contribution in [0.3, 0.4) is 0 Å². The van der Waals surface area contributed by atoms with Crippen LogP contribution in [0, 0.1) is 0 Å². The number of H-pyrrole nitrogens is 1. The van der Waals surface area contributed by atoms with Gasteiger partial charge in [-0.3, -0.25) is 5.10 Å². The summed E-state index contributed by atoms with van der Waals surface area (Å²) in [5.74, 6) is 0.644. The van der Waals surface area contributed by atoms with Crippen molar-refractivity contribution in [3.05, 3.63) is 40.3 Å². The molecule has 2 aromatic heterocycles. The molecule has 0 amide bonds. The van der Waals surface area contributed by atoms with E-state index in [1.165, 1.54) is 0 Å². The second-order valence-electron chi connectivity index (χ2n) is 3.96. The van der Waals surface area contributed by atoms with Crippen LogP contribution in [0.4, 0.5) is 0 Å². The maximum Gasteiger partial charge on any atom is 0.217 e. The molecule has 6 heteroatoms. The zero-order valence-corrected chi connectivity index (χ0v) is 11.9. The first-order valence-electron chi connectivity index (χ1n) is 5.61. The third-order valence-electron chi connectivity index (χ3n) is 2.70. The summed E-state index contributed by atoms with van der Waals surface area (Å²) in [5, 5.41) is 10.1. The number of ether oxygens (including phenoxy) is 1. The number of aromatic nitrogens is 3. The van der Waals surface area contributed by atoms with Gasteiger partial charge < -0.3 is 10.1 Å². The molecule has 2 aromatic rings. The number of methoxy groups -OCH3 is 1. The van der Waals surface area contributed by atoms with Crippen molar-refractivity contribution >= 4 is 15.9 Å². The van der Waals surface area contributed by atoms with Crippen LogP contribution in [0.15, 0.2) is 29.1 Å². The molecule has 0 aliphatic carbocycles. The van der Waals surface area contributed by atoms with Crippen molar-refractivity contribution < 1.29 is 4.74 Å². The number of pyridine rings is 1. The fourth-order valence-electron chi connectivity index (χ4n) is 1.66. The van der Waals surface area contributed by atoms with Crippen LogP contribution in [-0.4, -0.2) is 22.3 Å². The predicted molar refractivity (Wildman–Crippen MR) is 72.3 cm³/mol. The molecule has 0 bridgehead atoms. The fourth-order valence-corrected chi connectivity index (χ4v) is 2.04. The van der Waals surface area contributed by atoms with E-state index in [2.05, 4.69) is 43.4 Å². The van der Waals surface area contributed by atoms with Crippen LogP contribution in [0.1, 0.15) is 24.1 Å². The summed E-state index contributed by atoms with van der Waals surface area (Å²) in [5.41, 5.74) is 2.14. The number of nitrogens with one attached hydrogen (secondary N) is 2. The van der Waals surface area contributed by atoms with Crippen molar-refractivity contribution in [3.63, 3.8) is 0 Å². The van der Waals surface area contributed by atoms with Crippen molar-refractivity contribution in [1.82, 2.24) is 20.5 Å². The summed E-state index contributed by atoms with van der Waals surface area (Å²) in [4.78, 5) is 4.21. The van der Waals surface area contributed by atoms with Crippen molar-refractivity contribution in [2.75, 3.05) is 7.11 Å². The minimum Gasteiger partial charge on any atom is -0.481 e. The summed E-state index contributed by atoms with van der Waals surface area (Å²) in [6.45, 7) is 2.77. The van der Waals surface area contributed by atoms with E-state index in [1.807, 2.05) is 18.5 Å². The molecule has 5 nitrogen and oxygen atoms in total. The van der Waals surface area contributed by atoms with Gasteiger partial charge in [-0.25, -0.2) is 4.98 Å². The molecule has 0 radical (unpaired) electrons. The number of halogens is 1. The van der Waals surface area contributed by atoms with Crippen molar-refractivity contribution in [1.29, 1.82) is 0 Å². The maximum atomic E-state index is 5.23. The minimum atomic E-state index is 0.215. The quantitative estimate of drug-likeness (QED) is 0.890. The fraction of sp³-hybridized carbons (Fsp3) is 0.333. The van der Waals surface area contributed by atoms with E-state index in [0.29, 0.717) is 12.4 Å². The van der Waals surface area contributed by atoms with Crippen molar-refractivity contribution in [2.24, 2.45) is 0 Å². The summed E-state index contributed by atoms with van der Waals surface area (Å²) < 4.78 is 6.17. The lowest BCUT2D eigenvalue weighted by Gasteiger charge is -2.13. The molecule has 1 atom stereocenters. The molecule has 1 unspecified atom stereocenters. The molecule has 2 N–H and O–H groups in total. The molecule has 0 aromatic carbocycles. The molecule has 0 aliphatic rings. The van der Waals surface area contributed by atoms with E-state index in [4.69, 9.17) is 4.74 Å². The van der Waals surface area contributed by atoms with E-state index in [-0.39, 0.29) is 6.04 Å². The first-order valence-corrected chi connectivity index (χ1v) is 6.40. The van der Waals surface area contributed by atoms with Gasteiger partial charge in [0.1, 0.15) is 0 Å². The average molecular weight is 311 g/mol. The van der Waals surface area contributed by atoms with Gasteiger partial charge in [0.15, 0.2) is 0 Å². The Morgan fingerprint density at radius 2 is 2.33 bits per heavy atom. The maximum absolute atomic E-state index is 5.23. The highest BCUT2D eigenvalue weighted by Crippen LogP contribution is 2.20. The number of rotatable bonds is 5. The van der Waals surface area contributed by atoms with Crippen LogP contribution < -0.4 is 10.1 Å². The Morgan fingerprint density at radius 1 is 1.50 bits per heavy atom. The van der Waals surface area contributed by atoms with Gasteiger partial charge in [0.05, 0.1) is 13.3 Å². The predicted octanol–water partition coefficient (Wildman–Crippen LogP) is 2.43. The lowest BCUT2D eigenvalue weighted by Crippen LogP contribution is -2.18.